The van der Waals surface area contributed by atoms with Gasteiger partial charge in [-0.25, -0.2) is 4.79 Å². The summed E-state index contributed by atoms with van der Waals surface area (Å²) in [5, 5.41) is 5.24. The SMILES string of the molecule is COC(=O)c1ccc2c(CN)nn(C)c2c1. The average Bonchev–Trinajstić information content (AvgIpc) is 2.64. The van der Waals surface area contributed by atoms with E-state index in [0.29, 0.717) is 12.1 Å². The van der Waals surface area contributed by atoms with Gasteiger partial charge in [0.25, 0.3) is 0 Å². The van der Waals surface area contributed by atoms with Crippen LogP contribution in [0, 0.1) is 0 Å². The lowest BCUT2D eigenvalue weighted by Crippen LogP contribution is -2.01. The number of fused-ring (bicyclic) bond motifs is 1. The van der Waals surface area contributed by atoms with Crippen molar-refractivity contribution in [2.75, 3.05) is 7.11 Å². The van der Waals surface area contributed by atoms with Crippen LogP contribution in [-0.2, 0) is 18.3 Å². The molecule has 84 valence electrons. The first-order valence-electron chi connectivity index (χ1n) is 4.91. The fraction of sp³-hybridized carbons (Fsp3) is 0.273. The lowest BCUT2D eigenvalue weighted by atomic mass is 10.1. The van der Waals surface area contributed by atoms with E-state index in [1.807, 2.05) is 13.1 Å². The van der Waals surface area contributed by atoms with Crippen LogP contribution in [-0.4, -0.2) is 22.9 Å². The summed E-state index contributed by atoms with van der Waals surface area (Å²) >= 11 is 0. The molecular weight excluding hydrogens is 206 g/mol. The molecule has 0 fully saturated rings. The molecule has 0 radical (unpaired) electrons. The molecule has 2 N–H and O–H groups in total. The number of aromatic nitrogens is 2. The van der Waals surface area contributed by atoms with E-state index in [4.69, 9.17) is 5.73 Å². The van der Waals surface area contributed by atoms with Crippen molar-refractivity contribution in [2.45, 2.75) is 6.54 Å². The maximum Gasteiger partial charge on any atom is 0.337 e. The molecule has 1 aromatic carbocycles. The van der Waals surface area contributed by atoms with E-state index < -0.39 is 0 Å². The number of hydrogen-bond acceptors (Lipinski definition) is 4. The number of ether oxygens (including phenoxy) is 1. The molecule has 1 aromatic heterocycles. The number of rotatable bonds is 2. The van der Waals surface area contributed by atoms with Crippen LogP contribution in [0.1, 0.15) is 16.1 Å². The first-order chi connectivity index (χ1) is 7.67. The van der Waals surface area contributed by atoms with Crippen LogP contribution >= 0.6 is 0 Å². The van der Waals surface area contributed by atoms with Crippen LogP contribution in [0.3, 0.4) is 0 Å². The molecule has 0 atom stereocenters. The fourth-order valence-corrected chi connectivity index (χ4v) is 1.73. The number of carbonyl (C=O) groups is 1. The van der Waals surface area contributed by atoms with E-state index in [9.17, 15) is 4.79 Å². The van der Waals surface area contributed by atoms with Gasteiger partial charge in [-0.1, -0.05) is 6.07 Å². The first kappa shape index (κ1) is 10.6. The van der Waals surface area contributed by atoms with E-state index >= 15 is 0 Å². The van der Waals surface area contributed by atoms with Crippen molar-refractivity contribution >= 4 is 16.9 Å². The third kappa shape index (κ3) is 1.55. The lowest BCUT2D eigenvalue weighted by Gasteiger charge is -2.00. The number of hydrogen-bond donors (Lipinski definition) is 1. The van der Waals surface area contributed by atoms with Crippen molar-refractivity contribution in [2.24, 2.45) is 12.8 Å². The molecule has 0 bridgehead atoms. The Hall–Kier alpha value is -1.88. The molecule has 2 rings (SSSR count). The van der Waals surface area contributed by atoms with E-state index in [0.717, 1.165) is 16.6 Å². The van der Waals surface area contributed by atoms with Gasteiger partial charge in [-0.05, 0) is 12.1 Å². The van der Waals surface area contributed by atoms with E-state index in [-0.39, 0.29) is 5.97 Å². The molecule has 0 amide bonds. The van der Waals surface area contributed by atoms with Crippen molar-refractivity contribution in [3.63, 3.8) is 0 Å². The van der Waals surface area contributed by atoms with Gasteiger partial charge in [0.15, 0.2) is 0 Å². The van der Waals surface area contributed by atoms with Gasteiger partial charge in [-0.2, -0.15) is 5.10 Å². The highest BCUT2D eigenvalue weighted by atomic mass is 16.5. The predicted octanol–water partition coefficient (Wildman–Crippen LogP) is 0.819. The van der Waals surface area contributed by atoms with Gasteiger partial charge in [0, 0.05) is 19.0 Å². The molecule has 0 unspecified atom stereocenters. The van der Waals surface area contributed by atoms with E-state index in [2.05, 4.69) is 9.84 Å². The second-order valence-electron chi connectivity index (χ2n) is 3.50. The summed E-state index contributed by atoms with van der Waals surface area (Å²) in [5.74, 6) is -0.350. The number of benzene rings is 1. The summed E-state index contributed by atoms with van der Waals surface area (Å²) in [4.78, 5) is 11.4. The van der Waals surface area contributed by atoms with Crippen LogP contribution in [0.25, 0.3) is 10.9 Å². The Morgan fingerprint density at radius 2 is 2.31 bits per heavy atom. The number of methoxy groups -OCH3 is 1. The van der Waals surface area contributed by atoms with Crippen molar-refractivity contribution in [3.05, 3.63) is 29.5 Å². The molecule has 5 heteroatoms. The third-order valence-electron chi connectivity index (χ3n) is 2.54. The average molecular weight is 219 g/mol. The number of nitrogens with two attached hydrogens (primary N) is 1. The van der Waals surface area contributed by atoms with E-state index in [1.54, 1.807) is 16.8 Å². The van der Waals surface area contributed by atoms with Crippen LogP contribution < -0.4 is 5.73 Å². The molecule has 2 aromatic rings. The van der Waals surface area contributed by atoms with Gasteiger partial charge in [-0.3, -0.25) is 4.68 Å². The molecule has 0 saturated heterocycles. The summed E-state index contributed by atoms with van der Waals surface area (Å²) in [7, 11) is 3.18. The molecule has 0 aliphatic heterocycles. The summed E-state index contributed by atoms with van der Waals surface area (Å²) in [6.45, 7) is 0.384. The summed E-state index contributed by atoms with van der Waals surface area (Å²) < 4.78 is 6.38. The number of nitrogens with zero attached hydrogens (tertiary/aromatic N) is 2. The normalized spacial score (nSPS) is 10.7. The van der Waals surface area contributed by atoms with Gasteiger partial charge in [0.2, 0.25) is 0 Å². The molecular formula is C11H13N3O2. The summed E-state index contributed by atoms with van der Waals surface area (Å²) in [6.07, 6.45) is 0. The highest BCUT2D eigenvalue weighted by Crippen LogP contribution is 2.19. The first-order valence-corrected chi connectivity index (χ1v) is 4.91. The van der Waals surface area contributed by atoms with Gasteiger partial charge >= 0.3 is 5.97 Å². The van der Waals surface area contributed by atoms with Gasteiger partial charge in [0.05, 0.1) is 23.9 Å². The van der Waals surface area contributed by atoms with Crippen molar-refractivity contribution in [1.82, 2.24) is 9.78 Å². The number of esters is 1. The van der Waals surface area contributed by atoms with Crippen LogP contribution in [0.5, 0.6) is 0 Å². The van der Waals surface area contributed by atoms with Crippen molar-refractivity contribution < 1.29 is 9.53 Å². The Bertz CT molecular complexity index is 545. The molecule has 0 saturated carbocycles. The van der Waals surface area contributed by atoms with E-state index in [1.165, 1.54) is 7.11 Å². The predicted molar refractivity (Wildman–Crippen MR) is 59.9 cm³/mol. The molecule has 0 aliphatic rings. The smallest absolute Gasteiger partial charge is 0.337 e. The van der Waals surface area contributed by atoms with Crippen LogP contribution in [0.2, 0.25) is 0 Å². The topological polar surface area (TPSA) is 70.1 Å². The number of aryl methyl sites for hydroxylation is 1. The second kappa shape index (κ2) is 3.94. The second-order valence-corrected chi connectivity index (χ2v) is 3.50. The zero-order valence-corrected chi connectivity index (χ0v) is 9.23. The minimum atomic E-state index is -0.350. The molecule has 5 nitrogen and oxygen atoms in total. The highest BCUT2D eigenvalue weighted by molar-refractivity contribution is 5.95. The minimum absolute atomic E-state index is 0.350. The minimum Gasteiger partial charge on any atom is -0.465 e. The Morgan fingerprint density at radius 3 is 2.94 bits per heavy atom. The van der Waals surface area contributed by atoms with Crippen LogP contribution in [0.15, 0.2) is 18.2 Å². The van der Waals surface area contributed by atoms with Gasteiger partial charge in [0.1, 0.15) is 0 Å². The monoisotopic (exact) mass is 219 g/mol. The molecule has 0 aliphatic carbocycles. The van der Waals surface area contributed by atoms with Gasteiger partial charge < -0.3 is 10.5 Å². The Kier molecular flexibility index (Phi) is 2.62. The molecule has 1 heterocycles. The largest absolute Gasteiger partial charge is 0.465 e. The van der Waals surface area contributed by atoms with Crippen LogP contribution in [0.4, 0.5) is 0 Å². The molecule has 16 heavy (non-hydrogen) atoms. The highest BCUT2D eigenvalue weighted by Gasteiger charge is 2.11. The molecule has 0 spiro atoms. The third-order valence-corrected chi connectivity index (χ3v) is 2.54. The fourth-order valence-electron chi connectivity index (χ4n) is 1.73. The maximum atomic E-state index is 11.4. The summed E-state index contributed by atoms with van der Waals surface area (Å²) in [5.41, 5.74) is 7.81. The quantitative estimate of drug-likeness (QED) is 0.759. The zero-order valence-electron chi connectivity index (χ0n) is 9.23. The Morgan fingerprint density at radius 1 is 1.56 bits per heavy atom. The van der Waals surface area contributed by atoms with Crippen molar-refractivity contribution in [3.8, 4) is 0 Å². The lowest BCUT2D eigenvalue weighted by molar-refractivity contribution is 0.0601. The van der Waals surface area contributed by atoms with Gasteiger partial charge in [-0.15, -0.1) is 0 Å². The number of carbonyl (C=O) groups excluding carboxylic acids is 1. The Labute approximate surface area is 92.8 Å². The Balaban J connectivity index is 2.62. The summed E-state index contributed by atoms with van der Waals surface area (Å²) in [6, 6.07) is 5.32. The van der Waals surface area contributed by atoms with Crippen molar-refractivity contribution in [1.29, 1.82) is 0 Å². The maximum absolute atomic E-state index is 11.4. The zero-order chi connectivity index (χ0) is 11.7. The standard InChI is InChI=1S/C11H13N3O2/c1-14-10-5-7(11(15)16-2)3-4-8(10)9(6-12)13-14/h3-5H,6,12H2,1-2H3.